The van der Waals surface area contributed by atoms with Gasteiger partial charge in [0.2, 0.25) is 11.5 Å². The third-order valence-electron chi connectivity index (χ3n) is 10.2. The van der Waals surface area contributed by atoms with Gasteiger partial charge in [-0.25, -0.2) is 9.59 Å². The van der Waals surface area contributed by atoms with Crippen LogP contribution in [0.4, 0.5) is 105 Å². The second-order valence-electron chi connectivity index (χ2n) is 15.1. The molecule has 4 aromatic carbocycles. The highest BCUT2D eigenvalue weighted by Gasteiger charge is 2.47. The van der Waals surface area contributed by atoms with Gasteiger partial charge in [-0.2, -0.15) is 127 Å². The molecule has 32 heteroatoms. The maximum atomic E-state index is 14.2. The van der Waals surface area contributed by atoms with Crippen LogP contribution in [0.15, 0.2) is 106 Å². The number of aromatic carboxylic acids is 2. The van der Waals surface area contributed by atoms with Crippen molar-refractivity contribution in [3.63, 3.8) is 0 Å². The van der Waals surface area contributed by atoms with Crippen molar-refractivity contribution in [1.82, 2.24) is 0 Å². The van der Waals surface area contributed by atoms with E-state index in [4.69, 9.17) is 19.0 Å². The van der Waals surface area contributed by atoms with Crippen molar-refractivity contribution >= 4 is 39.9 Å². The average molecular weight is 1210 g/mol. The first-order valence-corrected chi connectivity index (χ1v) is 21.1. The molecule has 0 saturated heterocycles. The van der Waals surface area contributed by atoms with Gasteiger partial charge in [0, 0.05) is 12.1 Å². The SMILES string of the molecule is FC(F)(F)c1cc([B-](c2cc(C(F)(F)F)cc(C(F)(F)F)c2)(c2cc(C(F)(F)F)cc(C(F)(F)F)c2)c2cc(C(F)(F)F)cc(C(F)(F)F)c2)cc(C(F)(F)F)c1.O=C(O)c1ccc([I+]c2ccc(C(=O)O)o2)o1. The van der Waals surface area contributed by atoms with Gasteiger partial charge in [0.05, 0.1) is 44.5 Å². The minimum absolute atomic E-state index is 0.135. The van der Waals surface area contributed by atoms with Gasteiger partial charge in [0.25, 0.3) is 0 Å². The summed E-state index contributed by atoms with van der Waals surface area (Å²) in [5, 5.41) is 17.3. The molecule has 6 nitrogen and oxygen atoms in total. The lowest BCUT2D eigenvalue weighted by Gasteiger charge is -2.46. The molecule has 0 unspecified atom stereocenters. The van der Waals surface area contributed by atoms with Gasteiger partial charge in [0.15, 0.2) is 0 Å². The number of halogens is 25. The minimum Gasteiger partial charge on any atom is -0.475 e. The van der Waals surface area contributed by atoms with Crippen LogP contribution < -0.4 is 43.1 Å². The number of carbonyl (C=O) groups is 2. The summed E-state index contributed by atoms with van der Waals surface area (Å²) in [5.41, 5.74) is -30.2. The fourth-order valence-corrected chi connectivity index (χ4v) is 9.06. The zero-order valence-corrected chi connectivity index (χ0v) is 36.9. The van der Waals surface area contributed by atoms with Crippen LogP contribution in [0.3, 0.4) is 0 Å². The third kappa shape index (κ3) is 13.2. The molecule has 0 aliphatic carbocycles. The summed E-state index contributed by atoms with van der Waals surface area (Å²) in [5.74, 6) is -2.54. The van der Waals surface area contributed by atoms with E-state index in [1.165, 1.54) is 12.1 Å². The van der Waals surface area contributed by atoms with Crippen LogP contribution in [0.2, 0.25) is 0 Å². The summed E-state index contributed by atoms with van der Waals surface area (Å²) in [6.07, 6.45) is -54.8. The Kier molecular flexibility index (Phi) is 15.5. The molecule has 0 saturated carbocycles. The van der Waals surface area contributed by atoms with E-state index in [9.17, 15) is 115 Å². The number of hydrogen-bond donors (Lipinski definition) is 2. The maximum absolute atomic E-state index is 14.2. The van der Waals surface area contributed by atoms with Crippen molar-refractivity contribution in [2.45, 2.75) is 49.4 Å². The van der Waals surface area contributed by atoms with Gasteiger partial charge in [0.1, 0.15) is 6.15 Å². The standard InChI is InChI=1S/C32H12BF24.C10H5IO6/c34-25(35,36)13-1-14(26(37,38)39)6-21(5-13)33(22-7-15(27(40,41)42)2-16(8-22)28(43,44)45,23-9-17(29(46,47)48)3-18(10-23)30(49,50)51)24-11-19(31(52,53)54)4-20(12-24)32(55,56)57;12-9(13)5-1-3-7(16-5)11-8-4-2-6(17-8)10(14)15/h1-12H;1-4H,(H-,12,13,14,15)/q-1;/p+1. The summed E-state index contributed by atoms with van der Waals surface area (Å²) < 4.78 is 352. The van der Waals surface area contributed by atoms with E-state index >= 15 is 0 Å². The summed E-state index contributed by atoms with van der Waals surface area (Å²) in [7, 11) is 0. The van der Waals surface area contributed by atoms with E-state index in [1.54, 1.807) is 12.1 Å². The zero-order valence-electron chi connectivity index (χ0n) is 34.8. The molecule has 74 heavy (non-hydrogen) atoms. The Morgan fingerprint density at radius 3 is 0.635 bits per heavy atom. The average Bonchev–Trinajstić information content (AvgIpc) is 3.92. The first-order valence-electron chi connectivity index (χ1n) is 19.0. The normalized spacial score (nSPS) is 13.4. The number of furan rings is 2. The molecule has 6 rings (SSSR count). The first-order chi connectivity index (χ1) is 33.3. The first kappa shape index (κ1) is 58.4. The topological polar surface area (TPSA) is 101 Å². The lowest BCUT2D eigenvalue weighted by molar-refractivity contribution is -0.636. The molecule has 0 amide bonds. The number of benzene rings is 4. The Balaban J connectivity index is 0.000000500. The van der Waals surface area contributed by atoms with E-state index < -0.39 is 228 Å². The maximum Gasteiger partial charge on any atom is 0.443 e. The Morgan fingerprint density at radius 1 is 0.324 bits per heavy atom. The van der Waals surface area contributed by atoms with Crippen LogP contribution >= 0.6 is 0 Å². The zero-order chi connectivity index (χ0) is 56.3. The second kappa shape index (κ2) is 19.6. The van der Waals surface area contributed by atoms with Gasteiger partial charge in [-0.15, -0.1) is 0 Å². The third-order valence-corrected chi connectivity index (χ3v) is 12.4. The summed E-state index contributed by atoms with van der Waals surface area (Å²) >= 11 is -0.841. The van der Waals surface area contributed by atoms with Crippen LogP contribution in [-0.4, -0.2) is 28.3 Å². The number of hydrogen-bond acceptors (Lipinski definition) is 4. The molecule has 0 bridgehead atoms. The highest BCUT2D eigenvalue weighted by molar-refractivity contribution is 7.20. The van der Waals surface area contributed by atoms with Crippen molar-refractivity contribution in [3.05, 3.63) is 161 Å². The molecule has 0 aliphatic heterocycles. The van der Waals surface area contributed by atoms with Crippen LogP contribution in [0.1, 0.15) is 65.6 Å². The largest absolute Gasteiger partial charge is 0.475 e. The number of carboxylic acid groups (broad SMARTS) is 2. The molecule has 0 radical (unpaired) electrons. The van der Waals surface area contributed by atoms with E-state index in [-0.39, 0.29) is 11.5 Å². The fraction of sp³-hybridized carbons (Fsp3) is 0.190. The number of alkyl halides is 24. The quantitative estimate of drug-likeness (QED) is 0.0896. The van der Waals surface area contributed by atoms with E-state index in [0.29, 0.717) is 7.53 Å². The van der Waals surface area contributed by atoms with Crippen molar-refractivity contribution < 1.29 is 155 Å². The molecule has 400 valence electrons. The predicted molar refractivity (Wildman–Crippen MR) is 199 cm³/mol. The van der Waals surface area contributed by atoms with Gasteiger partial charge in [-0.3, -0.25) is 0 Å². The van der Waals surface area contributed by atoms with Crippen molar-refractivity contribution in [2.24, 2.45) is 0 Å². The van der Waals surface area contributed by atoms with Crippen molar-refractivity contribution in [3.8, 4) is 0 Å². The summed E-state index contributed by atoms with van der Waals surface area (Å²) in [6.45, 7) is 0. The molecule has 0 fully saturated rings. The molecule has 0 aliphatic rings. The minimum atomic E-state index is -6.13. The lowest BCUT2D eigenvalue weighted by Crippen LogP contribution is -3.61. The van der Waals surface area contributed by atoms with Gasteiger partial charge in [-0.05, 0) is 36.4 Å². The van der Waals surface area contributed by atoms with E-state index in [0.717, 1.165) is 0 Å². The predicted octanol–water partition coefficient (Wildman–Crippen LogP) is 9.61. The highest BCUT2D eigenvalue weighted by Crippen LogP contribution is 2.41. The van der Waals surface area contributed by atoms with Crippen LogP contribution in [0.25, 0.3) is 0 Å². The molecule has 2 aromatic heterocycles. The Labute approximate surface area is 404 Å². The Morgan fingerprint density at radius 2 is 0.500 bits per heavy atom. The highest BCUT2D eigenvalue weighted by atomic mass is 127. The molecular formula is C42H18BF24IO6. The monoisotopic (exact) mass is 1210 g/mol. The van der Waals surface area contributed by atoms with Gasteiger partial charge in [-0.1, -0.05) is 48.5 Å². The molecule has 6 aromatic rings. The van der Waals surface area contributed by atoms with Crippen LogP contribution in [-0.2, 0) is 49.4 Å². The Hall–Kier alpha value is -6.51. The second-order valence-corrected chi connectivity index (χ2v) is 17.8. The van der Waals surface area contributed by atoms with Crippen LogP contribution in [0.5, 0.6) is 0 Å². The van der Waals surface area contributed by atoms with Crippen LogP contribution in [0, 0.1) is 7.53 Å². The lowest BCUT2D eigenvalue weighted by atomic mass is 9.12. The van der Waals surface area contributed by atoms with E-state index in [1.807, 2.05) is 0 Å². The molecular weight excluding hydrogens is 1190 g/mol. The molecule has 0 atom stereocenters. The molecule has 2 heterocycles. The number of carboxylic acids is 2. The fourth-order valence-electron chi connectivity index (χ4n) is 7.12. The van der Waals surface area contributed by atoms with Crippen molar-refractivity contribution in [2.75, 3.05) is 0 Å². The van der Waals surface area contributed by atoms with Gasteiger partial charge < -0.3 is 19.0 Å². The molecule has 0 spiro atoms. The smallest absolute Gasteiger partial charge is 0.443 e. The van der Waals surface area contributed by atoms with E-state index in [2.05, 4.69) is 0 Å². The van der Waals surface area contributed by atoms with Crippen molar-refractivity contribution in [1.29, 1.82) is 0 Å². The Bertz CT molecular complexity index is 2570. The molecule has 2 N–H and O–H groups in total. The summed E-state index contributed by atoms with van der Waals surface area (Å²) in [6, 6.07) is -2.98. The summed E-state index contributed by atoms with van der Waals surface area (Å²) in [4.78, 5) is 21.2. The number of rotatable bonds is 8. The van der Waals surface area contributed by atoms with Gasteiger partial charge >= 0.3 is 90.1 Å².